The van der Waals surface area contributed by atoms with Crippen molar-refractivity contribution in [1.82, 2.24) is 9.88 Å². The summed E-state index contributed by atoms with van der Waals surface area (Å²) in [6.45, 7) is 2.12. The second kappa shape index (κ2) is 4.78. The molecule has 0 saturated heterocycles. The molecule has 1 unspecified atom stereocenters. The average molecular weight is 236 g/mol. The number of thiazole rings is 1. The fourth-order valence-corrected chi connectivity index (χ4v) is 2.20. The van der Waals surface area contributed by atoms with Gasteiger partial charge in [0.1, 0.15) is 0 Å². The number of nitrogens with zero attached hydrogens (tertiary/aromatic N) is 2. The SMILES string of the molecule is CC(C1CC1)N(C)C(=O)C=Cc1cscn1. The van der Waals surface area contributed by atoms with Crippen LogP contribution in [0.3, 0.4) is 0 Å². The molecule has 1 aliphatic rings. The number of amides is 1. The van der Waals surface area contributed by atoms with Gasteiger partial charge in [-0.15, -0.1) is 11.3 Å². The third kappa shape index (κ3) is 2.70. The molecule has 1 aromatic heterocycles. The van der Waals surface area contributed by atoms with Gasteiger partial charge in [0.05, 0.1) is 11.2 Å². The minimum Gasteiger partial charge on any atom is -0.339 e. The monoisotopic (exact) mass is 236 g/mol. The molecule has 16 heavy (non-hydrogen) atoms. The Morgan fingerprint density at radius 1 is 1.69 bits per heavy atom. The molecule has 1 aliphatic carbocycles. The quantitative estimate of drug-likeness (QED) is 0.752. The van der Waals surface area contributed by atoms with E-state index in [1.165, 1.54) is 24.2 Å². The number of aromatic nitrogens is 1. The zero-order valence-electron chi connectivity index (χ0n) is 9.59. The topological polar surface area (TPSA) is 33.2 Å². The van der Waals surface area contributed by atoms with Crippen LogP contribution in [0.2, 0.25) is 0 Å². The van der Waals surface area contributed by atoms with Crippen molar-refractivity contribution in [3.8, 4) is 0 Å². The first-order valence-electron chi connectivity index (χ1n) is 5.51. The zero-order chi connectivity index (χ0) is 11.5. The summed E-state index contributed by atoms with van der Waals surface area (Å²) >= 11 is 1.53. The Labute approximate surface area is 99.8 Å². The van der Waals surface area contributed by atoms with E-state index in [1.54, 1.807) is 17.7 Å². The maximum atomic E-state index is 11.8. The first-order chi connectivity index (χ1) is 7.68. The Kier molecular flexibility index (Phi) is 3.39. The summed E-state index contributed by atoms with van der Waals surface area (Å²) in [4.78, 5) is 17.7. The number of carbonyl (C=O) groups is 1. The van der Waals surface area contributed by atoms with Gasteiger partial charge in [0.15, 0.2) is 0 Å². The molecule has 1 aromatic rings. The molecule has 4 heteroatoms. The zero-order valence-corrected chi connectivity index (χ0v) is 10.4. The Bertz CT molecular complexity index is 382. The number of rotatable bonds is 4. The number of hydrogen-bond donors (Lipinski definition) is 0. The van der Waals surface area contributed by atoms with Gasteiger partial charge in [0, 0.05) is 24.5 Å². The molecule has 0 spiro atoms. The number of carbonyl (C=O) groups excluding carboxylic acids is 1. The fourth-order valence-electron chi connectivity index (χ4n) is 1.67. The number of likely N-dealkylation sites (N-methyl/N-ethyl adjacent to an activating group) is 1. The van der Waals surface area contributed by atoms with Crippen LogP contribution in [0.4, 0.5) is 0 Å². The van der Waals surface area contributed by atoms with E-state index in [1.807, 2.05) is 17.3 Å². The minimum absolute atomic E-state index is 0.0624. The Morgan fingerprint density at radius 2 is 2.44 bits per heavy atom. The maximum absolute atomic E-state index is 11.8. The van der Waals surface area contributed by atoms with Crippen molar-refractivity contribution in [3.63, 3.8) is 0 Å². The van der Waals surface area contributed by atoms with Gasteiger partial charge in [-0.2, -0.15) is 0 Å². The summed E-state index contributed by atoms with van der Waals surface area (Å²) in [5, 5.41) is 1.92. The molecule has 0 radical (unpaired) electrons. The van der Waals surface area contributed by atoms with Crippen LogP contribution in [0.15, 0.2) is 17.0 Å². The van der Waals surface area contributed by atoms with Gasteiger partial charge >= 0.3 is 0 Å². The van der Waals surface area contributed by atoms with Gasteiger partial charge in [-0.3, -0.25) is 4.79 Å². The van der Waals surface area contributed by atoms with Crippen molar-refractivity contribution >= 4 is 23.3 Å². The molecule has 0 aliphatic heterocycles. The third-order valence-corrected chi connectivity index (χ3v) is 3.72. The summed E-state index contributed by atoms with van der Waals surface area (Å²) < 4.78 is 0. The normalized spacial score (nSPS) is 17.6. The highest BCUT2D eigenvalue weighted by Gasteiger charge is 2.31. The van der Waals surface area contributed by atoms with E-state index >= 15 is 0 Å². The van der Waals surface area contributed by atoms with E-state index in [0.29, 0.717) is 12.0 Å². The summed E-state index contributed by atoms with van der Waals surface area (Å²) in [6.07, 6.45) is 5.89. The molecular weight excluding hydrogens is 220 g/mol. The van der Waals surface area contributed by atoms with Gasteiger partial charge in [0.2, 0.25) is 5.91 Å². The van der Waals surface area contributed by atoms with Crippen LogP contribution in [-0.2, 0) is 4.79 Å². The van der Waals surface area contributed by atoms with Crippen LogP contribution in [0.5, 0.6) is 0 Å². The predicted octanol–water partition coefficient (Wildman–Crippen LogP) is 2.41. The molecule has 0 bridgehead atoms. The Morgan fingerprint density at radius 3 is 3.00 bits per heavy atom. The van der Waals surface area contributed by atoms with Crippen LogP contribution >= 0.6 is 11.3 Å². The molecule has 0 aromatic carbocycles. The van der Waals surface area contributed by atoms with E-state index in [0.717, 1.165) is 5.69 Å². The van der Waals surface area contributed by atoms with Gasteiger partial charge in [-0.25, -0.2) is 4.98 Å². The van der Waals surface area contributed by atoms with Gasteiger partial charge in [-0.1, -0.05) is 0 Å². The molecule has 1 atom stereocenters. The Balaban J connectivity index is 1.91. The molecular formula is C12H16N2OS. The van der Waals surface area contributed by atoms with Crippen molar-refractivity contribution in [1.29, 1.82) is 0 Å². The van der Waals surface area contributed by atoms with E-state index in [-0.39, 0.29) is 5.91 Å². The van der Waals surface area contributed by atoms with Gasteiger partial charge < -0.3 is 4.90 Å². The van der Waals surface area contributed by atoms with Crippen LogP contribution in [0.25, 0.3) is 6.08 Å². The lowest BCUT2D eigenvalue weighted by Gasteiger charge is -2.23. The molecule has 86 valence electrons. The molecule has 3 nitrogen and oxygen atoms in total. The fraction of sp³-hybridized carbons (Fsp3) is 0.500. The van der Waals surface area contributed by atoms with E-state index in [4.69, 9.17) is 0 Å². The molecule has 0 N–H and O–H groups in total. The van der Waals surface area contributed by atoms with Crippen LogP contribution in [-0.4, -0.2) is 28.9 Å². The molecule has 1 fully saturated rings. The van der Waals surface area contributed by atoms with Gasteiger partial charge in [-0.05, 0) is 31.8 Å². The minimum atomic E-state index is 0.0624. The Hall–Kier alpha value is -1.16. The van der Waals surface area contributed by atoms with E-state index in [2.05, 4.69) is 11.9 Å². The van der Waals surface area contributed by atoms with Crippen molar-refractivity contribution in [2.45, 2.75) is 25.8 Å². The lowest BCUT2D eigenvalue weighted by atomic mass is 10.2. The molecule has 2 rings (SSSR count). The van der Waals surface area contributed by atoms with Crippen LogP contribution < -0.4 is 0 Å². The largest absolute Gasteiger partial charge is 0.339 e. The van der Waals surface area contributed by atoms with Crippen molar-refractivity contribution < 1.29 is 4.79 Å². The second-order valence-corrected chi connectivity index (χ2v) is 4.99. The van der Waals surface area contributed by atoms with E-state index in [9.17, 15) is 4.79 Å². The maximum Gasteiger partial charge on any atom is 0.246 e. The van der Waals surface area contributed by atoms with Crippen LogP contribution in [0.1, 0.15) is 25.5 Å². The highest BCUT2D eigenvalue weighted by molar-refractivity contribution is 7.07. The standard InChI is InChI=1S/C12H16N2OS/c1-9(10-3-4-10)14(2)12(15)6-5-11-7-16-8-13-11/h5-10H,3-4H2,1-2H3. The van der Waals surface area contributed by atoms with Gasteiger partial charge in [0.25, 0.3) is 0 Å². The third-order valence-electron chi connectivity index (χ3n) is 3.11. The smallest absolute Gasteiger partial charge is 0.246 e. The van der Waals surface area contributed by atoms with E-state index < -0.39 is 0 Å². The predicted molar refractivity (Wildman–Crippen MR) is 66.1 cm³/mol. The summed E-state index contributed by atoms with van der Waals surface area (Å²) in [5.74, 6) is 0.772. The average Bonchev–Trinajstić information content (AvgIpc) is 3.01. The summed E-state index contributed by atoms with van der Waals surface area (Å²) in [7, 11) is 1.87. The van der Waals surface area contributed by atoms with Crippen LogP contribution in [0, 0.1) is 5.92 Å². The first kappa shape index (κ1) is 11.3. The lowest BCUT2D eigenvalue weighted by molar-refractivity contribution is -0.126. The summed E-state index contributed by atoms with van der Waals surface area (Å²) in [5.41, 5.74) is 2.62. The summed E-state index contributed by atoms with van der Waals surface area (Å²) in [6, 6.07) is 0.354. The molecule has 1 saturated carbocycles. The van der Waals surface area contributed by atoms with Crippen molar-refractivity contribution in [2.75, 3.05) is 7.05 Å². The molecule has 1 amide bonds. The number of hydrogen-bond acceptors (Lipinski definition) is 3. The lowest BCUT2D eigenvalue weighted by Crippen LogP contribution is -2.35. The molecule has 1 heterocycles. The van der Waals surface area contributed by atoms with Crippen molar-refractivity contribution in [3.05, 3.63) is 22.7 Å². The highest BCUT2D eigenvalue weighted by atomic mass is 32.1. The van der Waals surface area contributed by atoms with Crippen molar-refractivity contribution in [2.24, 2.45) is 5.92 Å². The second-order valence-electron chi connectivity index (χ2n) is 4.27. The highest BCUT2D eigenvalue weighted by Crippen LogP contribution is 2.34. The first-order valence-corrected chi connectivity index (χ1v) is 6.46.